The molecule has 4 heterocycles. The zero-order valence-electron chi connectivity index (χ0n) is 31.7. The standard InChI is InChI=1S/C42H44F2N4O8S/c1-24-10-15-36(55-24)37(50)45-32-9-7-5-3-4-6-8-25-21-42(25,40(52)47-57(53,54)41(2)16-17-41)22-35(49)34-20-28(23-48(34)39(32)51)56-38-30-14-12-26(43)18-31(30)29-13-11-27(44)19-33(29)46-38/h6,8,10-15,18-19,25,28,32,34H,3-5,7,9,16-17,20-23H2,1-2H3,(H,45,50)(H,47,52)/b8-6-/t25-,28-,32+,34+,42-/m1/s1. The van der Waals surface area contributed by atoms with Crippen LogP contribution >= 0.6 is 0 Å². The number of aryl methyl sites for hydroxylation is 1. The van der Waals surface area contributed by atoms with E-state index in [9.17, 15) is 36.4 Å². The lowest BCUT2D eigenvalue weighted by atomic mass is 9.91. The average molecular weight is 803 g/mol. The number of fused-ring (bicyclic) bond motifs is 5. The minimum atomic E-state index is -4.00. The Hall–Kier alpha value is -5.18. The highest BCUT2D eigenvalue weighted by atomic mass is 32.2. The Balaban J connectivity index is 1.14. The van der Waals surface area contributed by atoms with Gasteiger partial charge in [-0.3, -0.25) is 23.9 Å². The van der Waals surface area contributed by atoms with Crippen molar-refractivity contribution in [1.29, 1.82) is 0 Å². The van der Waals surface area contributed by atoms with E-state index >= 15 is 0 Å². The van der Waals surface area contributed by atoms with Gasteiger partial charge in [0.15, 0.2) is 11.5 Å². The molecule has 2 aliphatic heterocycles. The molecule has 12 nitrogen and oxygen atoms in total. The molecule has 3 amide bonds. The van der Waals surface area contributed by atoms with E-state index in [0.29, 0.717) is 47.6 Å². The van der Waals surface area contributed by atoms with Crippen LogP contribution in [0.3, 0.4) is 0 Å². The number of hydrogen-bond donors (Lipinski definition) is 2. The highest BCUT2D eigenvalue weighted by Gasteiger charge is 2.62. The van der Waals surface area contributed by atoms with E-state index in [4.69, 9.17) is 9.15 Å². The van der Waals surface area contributed by atoms with Crippen LogP contribution in [0.2, 0.25) is 0 Å². The van der Waals surface area contributed by atoms with Gasteiger partial charge < -0.3 is 19.4 Å². The molecule has 1 saturated heterocycles. The number of nitrogens with one attached hydrogen (secondary N) is 2. The number of ketones is 1. The van der Waals surface area contributed by atoms with Crippen molar-refractivity contribution in [2.45, 2.75) is 101 Å². The first kappa shape index (κ1) is 38.7. The number of hydrogen-bond acceptors (Lipinski definition) is 9. The number of allylic oxidation sites excluding steroid dienone is 2. The van der Waals surface area contributed by atoms with Gasteiger partial charge in [-0.25, -0.2) is 22.2 Å². The van der Waals surface area contributed by atoms with Crippen molar-refractivity contribution in [1.82, 2.24) is 19.9 Å². The molecule has 2 N–H and O–H groups in total. The lowest BCUT2D eigenvalue weighted by Crippen LogP contribution is -2.52. The number of nitrogens with zero attached hydrogens (tertiary/aromatic N) is 2. The third-order valence-electron chi connectivity index (χ3n) is 12.1. The quantitative estimate of drug-likeness (QED) is 0.164. The Kier molecular flexibility index (Phi) is 9.94. The van der Waals surface area contributed by atoms with E-state index < -0.39 is 73.5 Å². The van der Waals surface area contributed by atoms with Crippen LogP contribution in [-0.2, 0) is 24.4 Å². The van der Waals surface area contributed by atoms with Gasteiger partial charge in [-0.15, -0.1) is 0 Å². The Bertz CT molecular complexity index is 2450. The number of benzene rings is 2. The van der Waals surface area contributed by atoms with Crippen molar-refractivity contribution in [3.05, 3.63) is 83.8 Å². The van der Waals surface area contributed by atoms with Gasteiger partial charge in [-0.2, -0.15) is 0 Å². The largest absolute Gasteiger partial charge is 0.472 e. The van der Waals surface area contributed by atoms with Gasteiger partial charge in [0.1, 0.15) is 29.5 Å². The van der Waals surface area contributed by atoms with Gasteiger partial charge in [-0.05, 0) is 106 Å². The molecule has 2 aliphatic carbocycles. The number of sulfonamides is 1. The molecule has 0 spiro atoms. The topological polar surface area (TPSA) is 165 Å². The van der Waals surface area contributed by atoms with Gasteiger partial charge in [0.2, 0.25) is 27.7 Å². The first-order chi connectivity index (χ1) is 27.2. The first-order valence-electron chi connectivity index (χ1n) is 19.5. The second-order valence-corrected chi connectivity index (χ2v) is 18.4. The summed E-state index contributed by atoms with van der Waals surface area (Å²) in [6.45, 7) is 3.17. The number of rotatable bonds is 7. The van der Waals surface area contributed by atoms with Gasteiger partial charge >= 0.3 is 0 Å². The van der Waals surface area contributed by atoms with E-state index in [1.165, 1.54) is 47.4 Å². The molecular formula is C42H44F2N4O8S. The molecular weight excluding hydrogens is 759 g/mol. The first-order valence-corrected chi connectivity index (χ1v) is 20.9. The van der Waals surface area contributed by atoms with Gasteiger partial charge in [0.05, 0.1) is 28.3 Å². The number of aromatic nitrogens is 1. The predicted octanol–water partition coefficient (Wildman–Crippen LogP) is 6.20. The number of halogens is 2. The van der Waals surface area contributed by atoms with E-state index in [1.54, 1.807) is 19.9 Å². The van der Waals surface area contributed by atoms with Crippen LogP contribution in [0, 0.1) is 29.9 Å². The van der Waals surface area contributed by atoms with Crippen LogP contribution in [0.15, 0.2) is 65.1 Å². The smallest absolute Gasteiger partial charge is 0.287 e. The second-order valence-electron chi connectivity index (χ2n) is 16.2. The minimum Gasteiger partial charge on any atom is -0.472 e. The van der Waals surface area contributed by atoms with E-state index in [-0.39, 0.29) is 55.3 Å². The van der Waals surface area contributed by atoms with E-state index in [1.807, 2.05) is 12.2 Å². The number of Topliss-reactive ketones (excluding diaryl/α,β-unsaturated/α-hetero) is 1. The zero-order valence-corrected chi connectivity index (χ0v) is 32.5. The fourth-order valence-corrected chi connectivity index (χ4v) is 9.58. The molecule has 5 atom stereocenters. The van der Waals surface area contributed by atoms with Gasteiger partial charge in [0, 0.05) is 29.7 Å². The fourth-order valence-electron chi connectivity index (χ4n) is 8.24. The summed E-state index contributed by atoms with van der Waals surface area (Å²) in [4.78, 5) is 62.5. The lowest BCUT2D eigenvalue weighted by Gasteiger charge is -2.29. The van der Waals surface area contributed by atoms with Crippen molar-refractivity contribution < 1.29 is 45.5 Å². The van der Waals surface area contributed by atoms with Crippen molar-refractivity contribution in [3.63, 3.8) is 0 Å². The number of ether oxygens (including phenoxy) is 1. The Labute approximate surface area is 328 Å². The number of carbonyl (C=O) groups excluding carboxylic acids is 4. The Morgan fingerprint density at radius 1 is 0.982 bits per heavy atom. The molecule has 0 radical (unpaired) electrons. The van der Waals surface area contributed by atoms with Crippen LogP contribution < -0.4 is 14.8 Å². The molecule has 2 aromatic carbocycles. The Morgan fingerprint density at radius 2 is 1.74 bits per heavy atom. The third-order valence-corrected chi connectivity index (χ3v) is 14.2. The molecule has 4 aromatic rings. The molecule has 4 aliphatic rings. The van der Waals surface area contributed by atoms with Crippen LogP contribution in [0.25, 0.3) is 21.7 Å². The lowest BCUT2D eigenvalue weighted by molar-refractivity contribution is -0.140. The maximum absolute atomic E-state index is 14.7. The molecule has 57 heavy (non-hydrogen) atoms. The summed E-state index contributed by atoms with van der Waals surface area (Å²) in [6.07, 6.45) is 6.78. The molecule has 0 unspecified atom stereocenters. The average Bonchev–Trinajstić information content (AvgIpc) is 3.96. The summed E-state index contributed by atoms with van der Waals surface area (Å²) in [5.74, 6) is -3.18. The third kappa shape index (κ3) is 7.53. The van der Waals surface area contributed by atoms with Crippen LogP contribution in [0.1, 0.15) is 87.4 Å². The molecule has 15 heteroatoms. The van der Waals surface area contributed by atoms with E-state index in [2.05, 4.69) is 15.0 Å². The summed E-state index contributed by atoms with van der Waals surface area (Å²) in [5, 5.41) is 4.19. The molecule has 0 bridgehead atoms. The monoisotopic (exact) mass is 802 g/mol. The molecule has 300 valence electrons. The number of amides is 3. The SMILES string of the molecule is Cc1ccc(C(=O)N[C@H]2CCCCC/C=C\[C@@H]3C[C@@]3(C(=O)NS(=O)(=O)C3(C)CC3)CC(=O)[C@@H]3C[C@@H](Oc4nc5cc(F)ccc5c5cc(F)ccc45)CN3C2=O)o1. The van der Waals surface area contributed by atoms with Crippen LogP contribution in [0.4, 0.5) is 8.78 Å². The summed E-state index contributed by atoms with van der Waals surface area (Å²) in [5.41, 5.74) is -1.12. The van der Waals surface area contributed by atoms with Crippen molar-refractivity contribution >= 4 is 55.2 Å². The molecule has 8 rings (SSSR count). The second kappa shape index (κ2) is 14.6. The maximum Gasteiger partial charge on any atom is 0.287 e. The zero-order chi connectivity index (χ0) is 40.3. The predicted molar refractivity (Wildman–Crippen MR) is 205 cm³/mol. The molecule has 3 fully saturated rings. The summed E-state index contributed by atoms with van der Waals surface area (Å²) < 4.78 is 68.5. The fraction of sp³-hybridized carbons (Fsp3) is 0.452. The van der Waals surface area contributed by atoms with Gasteiger partial charge in [-0.1, -0.05) is 25.0 Å². The van der Waals surface area contributed by atoms with Crippen LogP contribution in [-0.4, -0.2) is 71.3 Å². The maximum atomic E-state index is 14.7. The highest BCUT2D eigenvalue weighted by molar-refractivity contribution is 7.91. The summed E-state index contributed by atoms with van der Waals surface area (Å²) >= 11 is 0. The molecule has 2 aromatic heterocycles. The van der Waals surface area contributed by atoms with E-state index in [0.717, 1.165) is 12.8 Å². The molecule has 2 saturated carbocycles. The summed E-state index contributed by atoms with van der Waals surface area (Å²) in [6, 6.07) is 9.02. The Morgan fingerprint density at radius 3 is 2.47 bits per heavy atom. The highest BCUT2D eigenvalue weighted by Crippen LogP contribution is 2.57. The number of furan rings is 1. The van der Waals surface area contributed by atoms with Crippen molar-refractivity contribution in [2.75, 3.05) is 6.54 Å². The number of carbonyl (C=O) groups is 4. The number of pyridine rings is 1. The van der Waals surface area contributed by atoms with Gasteiger partial charge in [0.25, 0.3) is 5.91 Å². The van der Waals surface area contributed by atoms with Crippen LogP contribution in [0.5, 0.6) is 5.88 Å². The van der Waals surface area contributed by atoms with Crippen molar-refractivity contribution in [2.24, 2.45) is 11.3 Å². The summed E-state index contributed by atoms with van der Waals surface area (Å²) in [7, 11) is -4.00. The minimum absolute atomic E-state index is 0.0251. The normalized spacial score (nSPS) is 26.8. The van der Waals surface area contributed by atoms with Crippen molar-refractivity contribution in [3.8, 4) is 5.88 Å².